The van der Waals surface area contributed by atoms with Crippen LogP contribution in [-0.2, 0) is 15.5 Å². The Morgan fingerprint density at radius 3 is 2.64 bits per heavy atom. The van der Waals surface area contributed by atoms with E-state index >= 15 is 0 Å². The molecule has 0 spiro atoms. The molecule has 0 saturated heterocycles. The normalized spacial score (nSPS) is 20.1. The summed E-state index contributed by atoms with van der Waals surface area (Å²) in [7, 11) is 1.02. The topological polar surface area (TPSA) is 26.3 Å². The maximum atomic E-state index is 11.4. The van der Waals surface area contributed by atoms with E-state index in [0.717, 1.165) is 18.1 Å². The Kier molecular flexibility index (Phi) is 6.45. The summed E-state index contributed by atoms with van der Waals surface area (Å²) in [4.78, 5) is 0. The van der Waals surface area contributed by atoms with Gasteiger partial charge in [-0.15, -0.1) is 0 Å². The molecule has 0 heterocycles. The van der Waals surface area contributed by atoms with Crippen LogP contribution in [0.2, 0.25) is 0 Å². The molecule has 0 amide bonds. The highest BCUT2D eigenvalue weighted by Crippen LogP contribution is 2.28. The second kappa shape index (κ2) is 7.41. The molecule has 1 saturated carbocycles. The lowest BCUT2D eigenvalue weighted by Crippen LogP contribution is -2.08. The molecular formula is C11H22O2S. The minimum atomic E-state index is -0.645. The molecule has 0 radical (unpaired) electrons. The fourth-order valence-corrected chi connectivity index (χ4v) is 3.16. The van der Waals surface area contributed by atoms with Crippen LogP contribution in [0.3, 0.4) is 0 Å². The summed E-state index contributed by atoms with van der Waals surface area (Å²) >= 11 is 0. The number of hydrogen-bond acceptors (Lipinski definition) is 2. The molecule has 1 aliphatic rings. The molecule has 0 unspecified atom stereocenters. The van der Waals surface area contributed by atoms with E-state index in [-0.39, 0.29) is 0 Å². The first-order valence-electron chi connectivity index (χ1n) is 5.67. The number of ether oxygens (including phenoxy) is 1. The fraction of sp³-hybridized carbons (Fsp3) is 1.00. The Morgan fingerprint density at radius 1 is 1.29 bits per heavy atom. The van der Waals surface area contributed by atoms with E-state index in [1.54, 1.807) is 7.11 Å². The van der Waals surface area contributed by atoms with Gasteiger partial charge >= 0.3 is 0 Å². The third-order valence-corrected chi connectivity index (χ3v) is 4.34. The Morgan fingerprint density at radius 2 is 2.00 bits per heavy atom. The van der Waals surface area contributed by atoms with Crippen LogP contribution >= 0.6 is 0 Å². The van der Waals surface area contributed by atoms with Gasteiger partial charge in [0.05, 0.1) is 6.61 Å². The van der Waals surface area contributed by atoms with Crippen LogP contribution in [0, 0.1) is 5.92 Å². The lowest BCUT2D eigenvalue weighted by Gasteiger charge is -2.07. The maximum absolute atomic E-state index is 11.4. The number of methoxy groups -OCH3 is 1. The molecule has 0 bridgehead atoms. The zero-order valence-corrected chi connectivity index (χ0v) is 9.98. The highest BCUT2D eigenvalue weighted by atomic mass is 32.2. The monoisotopic (exact) mass is 218 g/mol. The molecule has 0 aromatic rings. The van der Waals surface area contributed by atoms with Crippen LogP contribution in [0.1, 0.15) is 38.5 Å². The van der Waals surface area contributed by atoms with Gasteiger partial charge in [0.15, 0.2) is 0 Å². The second-order valence-electron chi connectivity index (χ2n) is 4.13. The highest BCUT2D eigenvalue weighted by Gasteiger charge is 2.14. The van der Waals surface area contributed by atoms with Crippen LogP contribution in [-0.4, -0.2) is 29.4 Å². The van der Waals surface area contributed by atoms with Crippen molar-refractivity contribution in [3.63, 3.8) is 0 Å². The summed E-state index contributed by atoms with van der Waals surface area (Å²) < 4.78 is 16.3. The Bertz CT molecular complexity index is 165. The van der Waals surface area contributed by atoms with Gasteiger partial charge in [-0.05, 0) is 18.8 Å². The predicted molar refractivity (Wildman–Crippen MR) is 60.9 cm³/mol. The molecule has 1 rings (SSSR count). The average Bonchev–Trinajstić information content (AvgIpc) is 2.67. The van der Waals surface area contributed by atoms with Gasteiger partial charge in [0.25, 0.3) is 0 Å². The fourth-order valence-electron chi connectivity index (χ4n) is 2.11. The van der Waals surface area contributed by atoms with E-state index in [0.29, 0.717) is 12.4 Å². The van der Waals surface area contributed by atoms with E-state index in [2.05, 4.69) is 0 Å². The molecule has 1 atom stereocenters. The molecule has 0 aliphatic heterocycles. The van der Waals surface area contributed by atoms with Crippen molar-refractivity contribution in [3.05, 3.63) is 0 Å². The van der Waals surface area contributed by atoms with Crippen LogP contribution in [0.4, 0.5) is 0 Å². The summed E-state index contributed by atoms with van der Waals surface area (Å²) in [6.07, 6.45) is 8.07. The predicted octanol–water partition coefficient (Wildman–Crippen LogP) is 2.35. The van der Waals surface area contributed by atoms with Gasteiger partial charge in [0, 0.05) is 29.4 Å². The van der Waals surface area contributed by atoms with E-state index in [1.807, 2.05) is 0 Å². The summed E-state index contributed by atoms with van der Waals surface area (Å²) in [5, 5.41) is 0. The van der Waals surface area contributed by atoms with Crippen molar-refractivity contribution in [1.82, 2.24) is 0 Å². The van der Waals surface area contributed by atoms with E-state index in [9.17, 15) is 4.21 Å². The van der Waals surface area contributed by atoms with Gasteiger partial charge in [-0.2, -0.15) is 0 Å². The van der Waals surface area contributed by atoms with Crippen LogP contribution in [0.5, 0.6) is 0 Å². The summed E-state index contributed by atoms with van der Waals surface area (Å²) in [5.41, 5.74) is 0. The first kappa shape index (κ1) is 12.2. The largest absolute Gasteiger partial charge is 0.384 e. The molecule has 2 nitrogen and oxygen atoms in total. The Hall–Kier alpha value is 0.110. The van der Waals surface area contributed by atoms with Gasteiger partial charge in [0.1, 0.15) is 0 Å². The van der Waals surface area contributed by atoms with Crippen molar-refractivity contribution < 1.29 is 8.95 Å². The van der Waals surface area contributed by atoms with Crippen molar-refractivity contribution in [2.45, 2.75) is 38.5 Å². The number of rotatable bonds is 7. The molecule has 84 valence electrons. The second-order valence-corrected chi connectivity index (χ2v) is 5.83. The molecule has 0 N–H and O–H groups in total. The van der Waals surface area contributed by atoms with Crippen LogP contribution in [0.25, 0.3) is 0 Å². The van der Waals surface area contributed by atoms with Crippen molar-refractivity contribution >= 4 is 10.8 Å². The van der Waals surface area contributed by atoms with Crippen molar-refractivity contribution in [1.29, 1.82) is 0 Å². The van der Waals surface area contributed by atoms with Gasteiger partial charge in [-0.3, -0.25) is 4.21 Å². The Balaban J connectivity index is 1.94. The molecular weight excluding hydrogens is 196 g/mol. The summed E-state index contributed by atoms with van der Waals surface area (Å²) in [6, 6.07) is 0. The zero-order chi connectivity index (χ0) is 10.2. The molecule has 3 heteroatoms. The van der Waals surface area contributed by atoms with Crippen LogP contribution in [0.15, 0.2) is 0 Å². The lowest BCUT2D eigenvalue weighted by molar-refractivity contribution is 0.218. The Labute approximate surface area is 89.9 Å². The van der Waals surface area contributed by atoms with Gasteiger partial charge in [0.2, 0.25) is 0 Å². The molecule has 1 aliphatic carbocycles. The average molecular weight is 218 g/mol. The van der Waals surface area contributed by atoms with Crippen molar-refractivity contribution in [2.24, 2.45) is 5.92 Å². The van der Waals surface area contributed by atoms with E-state index < -0.39 is 10.8 Å². The quantitative estimate of drug-likeness (QED) is 0.655. The standard InChI is InChI=1S/C11H22O2S/c1-13-8-10-14(12)9-4-7-11-5-2-3-6-11/h11H,2-10H2,1H3/t14-/m1/s1. The van der Waals surface area contributed by atoms with Crippen LogP contribution < -0.4 is 0 Å². The van der Waals surface area contributed by atoms with E-state index in [4.69, 9.17) is 4.74 Å². The van der Waals surface area contributed by atoms with Crippen molar-refractivity contribution in [2.75, 3.05) is 25.2 Å². The molecule has 14 heavy (non-hydrogen) atoms. The molecule has 0 aromatic carbocycles. The first-order valence-corrected chi connectivity index (χ1v) is 7.15. The van der Waals surface area contributed by atoms with Crippen molar-refractivity contribution in [3.8, 4) is 0 Å². The highest BCUT2D eigenvalue weighted by molar-refractivity contribution is 7.84. The molecule has 1 fully saturated rings. The van der Waals surface area contributed by atoms with Gasteiger partial charge in [-0.25, -0.2) is 0 Å². The SMILES string of the molecule is COCC[S@](=O)CCCC1CCCC1. The minimum absolute atomic E-state index is 0.635. The number of hydrogen-bond donors (Lipinski definition) is 0. The van der Waals surface area contributed by atoms with Gasteiger partial charge < -0.3 is 4.74 Å². The van der Waals surface area contributed by atoms with Gasteiger partial charge in [-0.1, -0.05) is 25.7 Å². The third-order valence-electron chi connectivity index (χ3n) is 2.97. The zero-order valence-electron chi connectivity index (χ0n) is 9.17. The summed E-state index contributed by atoms with van der Waals surface area (Å²) in [6.45, 7) is 0.635. The summed E-state index contributed by atoms with van der Waals surface area (Å²) in [5.74, 6) is 2.52. The third kappa shape index (κ3) is 5.11. The smallest absolute Gasteiger partial charge is 0.0577 e. The molecule has 0 aromatic heterocycles. The first-order chi connectivity index (χ1) is 6.83. The maximum Gasteiger partial charge on any atom is 0.0577 e. The van der Waals surface area contributed by atoms with E-state index in [1.165, 1.54) is 32.1 Å². The lowest BCUT2D eigenvalue weighted by atomic mass is 10.0. The minimum Gasteiger partial charge on any atom is -0.384 e.